The molecule has 0 radical (unpaired) electrons. The Bertz CT molecular complexity index is 678. The number of hydrogen-bond donors (Lipinski definition) is 3. The van der Waals surface area contributed by atoms with Gasteiger partial charge in [-0.15, -0.1) is 0 Å². The van der Waals surface area contributed by atoms with Crippen LogP contribution in [-0.2, 0) is 20.9 Å². The summed E-state index contributed by atoms with van der Waals surface area (Å²) in [4.78, 5) is 35.1. The maximum Gasteiger partial charge on any atom is 0.407 e. The van der Waals surface area contributed by atoms with Crippen molar-refractivity contribution < 1.29 is 19.1 Å². The van der Waals surface area contributed by atoms with Crippen LogP contribution in [0, 0.1) is 0 Å². The first-order valence-corrected chi connectivity index (χ1v) is 8.99. The molecule has 3 amide bonds. The topological polar surface area (TPSA) is 96.5 Å². The molecule has 0 aliphatic rings. The van der Waals surface area contributed by atoms with Gasteiger partial charge in [0.05, 0.1) is 0 Å². The summed E-state index contributed by atoms with van der Waals surface area (Å²) >= 11 is 0. The van der Waals surface area contributed by atoms with Crippen molar-refractivity contribution in [3.05, 3.63) is 42.0 Å². The first kappa shape index (κ1) is 22.2. The lowest BCUT2D eigenvalue weighted by atomic mass is 10.2. The van der Waals surface area contributed by atoms with E-state index in [2.05, 4.69) is 16.0 Å². The molecule has 7 nitrogen and oxygen atoms in total. The minimum absolute atomic E-state index is 0.127. The Kier molecular flexibility index (Phi) is 9.05. The van der Waals surface area contributed by atoms with Crippen molar-refractivity contribution in [1.29, 1.82) is 0 Å². The van der Waals surface area contributed by atoms with Crippen molar-refractivity contribution in [2.24, 2.45) is 0 Å². The number of alkyl carbamates (subject to hydrolysis) is 1. The fraction of sp³-hybridized carbons (Fsp3) is 0.450. The van der Waals surface area contributed by atoms with Crippen molar-refractivity contribution in [1.82, 2.24) is 10.6 Å². The van der Waals surface area contributed by atoms with E-state index < -0.39 is 11.7 Å². The molecule has 3 N–H and O–H groups in total. The lowest BCUT2D eigenvalue weighted by molar-refractivity contribution is -0.117. The molecule has 0 aromatic heterocycles. The normalized spacial score (nSPS) is 11.1. The molecule has 0 aliphatic carbocycles. The minimum Gasteiger partial charge on any atom is -0.444 e. The van der Waals surface area contributed by atoms with Gasteiger partial charge in [0.25, 0.3) is 0 Å². The molecule has 0 bridgehead atoms. The quantitative estimate of drug-likeness (QED) is 0.608. The molecule has 0 spiro atoms. The summed E-state index contributed by atoms with van der Waals surface area (Å²) in [5, 5.41) is 8.09. The first-order valence-electron chi connectivity index (χ1n) is 8.99. The smallest absolute Gasteiger partial charge is 0.407 e. The van der Waals surface area contributed by atoms with Crippen LogP contribution in [0.3, 0.4) is 0 Å². The van der Waals surface area contributed by atoms with Gasteiger partial charge in [-0.25, -0.2) is 4.79 Å². The Morgan fingerprint density at radius 1 is 1.15 bits per heavy atom. The summed E-state index contributed by atoms with van der Waals surface area (Å²) in [6, 6.07) is 7.23. The highest BCUT2D eigenvalue weighted by Crippen LogP contribution is 2.11. The van der Waals surface area contributed by atoms with Crippen molar-refractivity contribution in [2.75, 3.05) is 11.9 Å². The zero-order valence-corrected chi connectivity index (χ0v) is 16.4. The fourth-order valence-electron chi connectivity index (χ4n) is 2.05. The summed E-state index contributed by atoms with van der Waals surface area (Å²) < 4.78 is 5.10. The van der Waals surface area contributed by atoms with E-state index in [0.29, 0.717) is 12.2 Å². The number of carbonyl (C=O) groups is 3. The first-order chi connectivity index (χ1) is 12.7. The van der Waals surface area contributed by atoms with Crippen LogP contribution in [0.15, 0.2) is 36.4 Å². The maximum atomic E-state index is 12.0. The second-order valence-electron chi connectivity index (χ2n) is 6.96. The molecular formula is C20H29N3O4. The molecule has 1 aromatic rings. The SMILES string of the molecule is CC/C=C/C(=O)NCc1cccc(NC(=O)CCNC(=O)OC(C)(C)C)c1. The summed E-state index contributed by atoms with van der Waals surface area (Å²) in [6.07, 6.45) is 3.67. The Morgan fingerprint density at radius 3 is 2.56 bits per heavy atom. The minimum atomic E-state index is -0.575. The van der Waals surface area contributed by atoms with E-state index in [4.69, 9.17) is 4.74 Å². The van der Waals surface area contributed by atoms with Crippen LogP contribution >= 0.6 is 0 Å². The van der Waals surface area contributed by atoms with Gasteiger partial charge < -0.3 is 20.7 Å². The zero-order valence-electron chi connectivity index (χ0n) is 16.4. The average Bonchev–Trinajstić information content (AvgIpc) is 2.56. The van der Waals surface area contributed by atoms with Crippen molar-refractivity contribution in [3.8, 4) is 0 Å². The standard InChI is InChI=1S/C20H29N3O4/c1-5-6-10-17(24)22-14-15-8-7-9-16(13-15)23-18(25)11-12-21-19(26)27-20(2,3)4/h6-10,13H,5,11-12,14H2,1-4H3,(H,21,26)(H,22,24)(H,23,25)/b10-6+. The van der Waals surface area contributed by atoms with Crippen molar-refractivity contribution >= 4 is 23.6 Å². The van der Waals surface area contributed by atoms with Crippen LogP contribution < -0.4 is 16.0 Å². The number of anilines is 1. The van der Waals surface area contributed by atoms with Gasteiger partial charge in [0.1, 0.15) is 5.60 Å². The predicted molar refractivity (Wildman–Crippen MR) is 105 cm³/mol. The number of allylic oxidation sites excluding steroid dienone is 1. The number of benzene rings is 1. The highest BCUT2D eigenvalue weighted by molar-refractivity contribution is 5.91. The molecule has 0 heterocycles. The molecule has 0 fully saturated rings. The Hall–Kier alpha value is -2.83. The van der Waals surface area contributed by atoms with Gasteiger partial charge in [-0.05, 0) is 51.0 Å². The van der Waals surface area contributed by atoms with E-state index in [9.17, 15) is 14.4 Å². The molecule has 27 heavy (non-hydrogen) atoms. The molecular weight excluding hydrogens is 346 g/mol. The third-order valence-electron chi connectivity index (χ3n) is 3.20. The number of rotatable bonds is 8. The third kappa shape index (κ3) is 10.7. The molecule has 7 heteroatoms. The molecule has 0 unspecified atom stereocenters. The van der Waals surface area contributed by atoms with Crippen LogP contribution in [0.25, 0.3) is 0 Å². The lowest BCUT2D eigenvalue weighted by Gasteiger charge is -2.19. The zero-order chi connectivity index (χ0) is 20.3. The highest BCUT2D eigenvalue weighted by atomic mass is 16.6. The molecule has 0 aliphatic heterocycles. The summed E-state index contributed by atoms with van der Waals surface area (Å²) in [6.45, 7) is 7.83. The molecule has 0 atom stereocenters. The average molecular weight is 375 g/mol. The molecule has 1 aromatic carbocycles. The van der Waals surface area contributed by atoms with E-state index in [1.165, 1.54) is 6.08 Å². The fourth-order valence-corrected chi connectivity index (χ4v) is 2.05. The van der Waals surface area contributed by atoms with E-state index >= 15 is 0 Å². The third-order valence-corrected chi connectivity index (χ3v) is 3.20. The van der Waals surface area contributed by atoms with Crippen LogP contribution in [0.4, 0.5) is 10.5 Å². The van der Waals surface area contributed by atoms with Crippen molar-refractivity contribution in [2.45, 2.75) is 52.7 Å². The van der Waals surface area contributed by atoms with E-state index in [0.717, 1.165) is 12.0 Å². The van der Waals surface area contributed by atoms with Gasteiger partial charge in [-0.3, -0.25) is 9.59 Å². The largest absolute Gasteiger partial charge is 0.444 e. The highest BCUT2D eigenvalue weighted by Gasteiger charge is 2.15. The number of amides is 3. The van der Waals surface area contributed by atoms with Gasteiger partial charge in [0.15, 0.2) is 0 Å². The van der Waals surface area contributed by atoms with Gasteiger partial charge in [0.2, 0.25) is 11.8 Å². The summed E-state index contributed by atoms with van der Waals surface area (Å²) in [5.74, 6) is -0.377. The van der Waals surface area contributed by atoms with Crippen LogP contribution in [0.2, 0.25) is 0 Å². The van der Waals surface area contributed by atoms with Gasteiger partial charge in [-0.2, -0.15) is 0 Å². The Balaban J connectivity index is 2.41. The Morgan fingerprint density at radius 2 is 1.89 bits per heavy atom. The number of nitrogens with one attached hydrogen (secondary N) is 3. The van der Waals surface area contributed by atoms with E-state index in [1.807, 2.05) is 13.0 Å². The van der Waals surface area contributed by atoms with Gasteiger partial charge in [0, 0.05) is 25.2 Å². The molecule has 0 saturated carbocycles. The number of ether oxygens (including phenoxy) is 1. The van der Waals surface area contributed by atoms with Crippen LogP contribution in [0.1, 0.15) is 46.1 Å². The molecule has 148 valence electrons. The van der Waals surface area contributed by atoms with Crippen molar-refractivity contribution in [3.63, 3.8) is 0 Å². The van der Waals surface area contributed by atoms with Gasteiger partial charge >= 0.3 is 6.09 Å². The van der Waals surface area contributed by atoms with E-state index in [1.54, 1.807) is 45.0 Å². The van der Waals surface area contributed by atoms with Crippen LogP contribution in [0.5, 0.6) is 0 Å². The number of carbonyl (C=O) groups excluding carboxylic acids is 3. The van der Waals surface area contributed by atoms with Gasteiger partial charge in [-0.1, -0.05) is 25.1 Å². The second-order valence-corrected chi connectivity index (χ2v) is 6.96. The number of hydrogen-bond acceptors (Lipinski definition) is 4. The monoisotopic (exact) mass is 375 g/mol. The molecule has 0 saturated heterocycles. The Labute approximate surface area is 160 Å². The van der Waals surface area contributed by atoms with Crippen LogP contribution in [-0.4, -0.2) is 30.1 Å². The molecule has 1 rings (SSSR count). The van der Waals surface area contributed by atoms with E-state index in [-0.39, 0.29) is 24.8 Å². The lowest BCUT2D eigenvalue weighted by Crippen LogP contribution is -2.34. The maximum absolute atomic E-state index is 12.0. The predicted octanol–water partition coefficient (Wildman–Crippen LogP) is 3.12. The summed E-state index contributed by atoms with van der Waals surface area (Å²) in [7, 11) is 0. The second kappa shape index (κ2) is 11.0. The summed E-state index contributed by atoms with van der Waals surface area (Å²) in [5.41, 5.74) is 0.931.